The van der Waals surface area contributed by atoms with Crippen LogP contribution < -0.4 is 5.32 Å². The van der Waals surface area contributed by atoms with Crippen molar-refractivity contribution >= 4 is 16.9 Å². The molecular weight excluding hydrogens is 285 g/mol. The Hall–Kier alpha value is -2.54. The third-order valence-electron chi connectivity index (χ3n) is 3.29. The Kier molecular flexibility index (Phi) is 3.72. The number of anilines is 1. The molecule has 1 atom stereocenters. The average molecular weight is 301 g/mol. The maximum Gasteiger partial charge on any atom is 0.168 e. The second-order valence-corrected chi connectivity index (χ2v) is 5.10. The summed E-state index contributed by atoms with van der Waals surface area (Å²) in [6, 6.07) is 6.40. The smallest absolute Gasteiger partial charge is 0.168 e. The molecule has 1 aromatic carbocycles. The minimum atomic E-state index is -0.507. The van der Waals surface area contributed by atoms with E-state index >= 15 is 0 Å². The molecule has 114 valence electrons. The van der Waals surface area contributed by atoms with Crippen LogP contribution in [-0.4, -0.2) is 37.5 Å². The lowest BCUT2D eigenvalue weighted by Crippen LogP contribution is -2.16. The molecule has 7 heteroatoms. The molecule has 2 aromatic heterocycles. The lowest BCUT2D eigenvalue weighted by Gasteiger charge is -2.08. The summed E-state index contributed by atoms with van der Waals surface area (Å²) in [7, 11) is 0. The molecule has 3 aromatic rings. The molecular formula is C15H16FN5O. The Morgan fingerprint density at radius 3 is 2.82 bits per heavy atom. The normalized spacial score (nSPS) is 12.5. The number of aliphatic hydroxyl groups is 1. The summed E-state index contributed by atoms with van der Waals surface area (Å²) in [4.78, 5) is 8.42. The van der Waals surface area contributed by atoms with Gasteiger partial charge in [-0.2, -0.15) is 5.10 Å². The average Bonchev–Trinajstić information content (AvgIpc) is 2.83. The molecule has 0 radical (unpaired) electrons. The van der Waals surface area contributed by atoms with Crippen LogP contribution in [0.5, 0.6) is 0 Å². The predicted molar refractivity (Wildman–Crippen MR) is 81.5 cm³/mol. The van der Waals surface area contributed by atoms with E-state index in [1.807, 2.05) is 6.92 Å². The van der Waals surface area contributed by atoms with Crippen LogP contribution >= 0.6 is 0 Å². The summed E-state index contributed by atoms with van der Waals surface area (Å²) >= 11 is 0. The molecule has 2 N–H and O–H groups in total. The van der Waals surface area contributed by atoms with Crippen LogP contribution in [0.1, 0.15) is 12.6 Å². The number of aryl methyl sites for hydroxylation is 1. The van der Waals surface area contributed by atoms with Crippen molar-refractivity contribution in [1.82, 2.24) is 19.7 Å². The van der Waals surface area contributed by atoms with Gasteiger partial charge in [-0.25, -0.2) is 19.0 Å². The monoisotopic (exact) mass is 301 g/mol. The van der Waals surface area contributed by atoms with Crippen LogP contribution in [0.2, 0.25) is 0 Å². The minimum absolute atomic E-state index is 0.334. The Labute approximate surface area is 126 Å². The summed E-state index contributed by atoms with van der Waals surface area (Å²) in [5.41, 5.74) is 1.54. The van der Waals surface area contributed by atoms with Crippen molar-refractivity contribution in [2.45, 2.75) is 20.0 Å². The summed E-state index contributed by atoms with van der Waals surface area (Å²) in [6.45, 7) is 3.86. The van der Waals surface area contributed by atoms with Gasteiger partial charge in [-0.3, -0.25) is 0 Å². The number of aromatic nitrogens is 4. The zero-order chi connectivity index (χ0) is 15.7. The number of benzene rings is 1. The molecule has 0 aliphatic carbocycles. The highest BCUT2D eigenvalue weighted by Gasteiger charge is 2.17. The highest BCUT2D eigenvalue weighted by atomic mass is 19.1. The maximum atomic E-state index is 14.0. The summed E-state index contributed by atoms with van der Waals surface area (Å²) in [5, 5.41) is 17.6. The topological polar surface area (TPSA) is 75.9 Å². The van der Waals surface area contributed by atoms with Gasteiger partial charge in [-0.1, -0.05) is 12.1 Å². The predicted octanol–water partition coefficient (Wildman–Crippen LogP) is 2.06. The summed E-state index contributed by atoms with van der Waals surface area (Å²) in [5.74, 6) is 0.204. The van der Waals surface area contributed by atoms with E-state index in [1.165, 1.54) is 17.1 Å². The van der Waals surface area contributed by atoms with E-state index in [0.717, 1.165) is 0 Å². The quantitative estimate of drug-likeness (QED) is 0.771. The van der Waals surface area contributed by atoms with Crippen LogP contribution in [0.25, 0.3) is 16.7 Å². The van der Waals surface area contributed by atoms with Crippen LogP contribution in [-0.2, 0) is 0 Å². The van der Waals surface area contributed by atoms with Crippen molar-refractivity contribution in [2.75, 3.05) is 11.9 Å². The molecule has 3 rings (SSSR count). The first-order valence-electron chi connectivity index (χ1n) is 6.95. The molecule has 22 heavy (non-hydrogen) atoms. The number of aliphatic hydroxyl groups excluding tert-OH is 1. The van der Waals surface area contributed by atoms with Crippen LogP contribution in [0, 0.1) is 12.7 Å². The van der Waals surface area contributed by atoms with E-state index in [2.05, 4.69) is 20.4 Å². The second-order valence-electron chi connectivity index (χ2n) is 5.10. The number of fused-ring (bicyclic) bond motifs is 1. The summed E-state index contributed by atoms with van der Waals surface area (Å²) in [6.07, 6.45) is 0.887. The van der Waals surface area contributed by atoms with Gasteiger partial charge in [0.15, 0.2) is 5.65 Å². The molecule has 0 saturated carbocycles. The Morgan fingerprint density at radius 1 is 1.32 bits per heavy atom. The number of nitrogens with one attached hydrogen (secondary N) is 1. The molecule has 0 aliphatic rings. The molecule has 0 spiro atoms. The standard InChI is InChI=1S/C15H16FN5O/c1-9(22)7-17-14-13-10(2)20-21(15(13)19-8-18-14)12-6-4-3-5-11(12)16/h3-6,8-9,22H,7H2,1-2H3,(H,17,18,19). The molecule has 6 nitrogen and oxygen atoms in total. The molecule has 0 amide bonds. The first-order valence-corrected chi connectivity index (χ1v) is 6.95. The third kappa shape index (κ3) is 2.50. The third-order valence-corrected chi connectivity index (χ3v) is 3.29. The van der Waals surface area contributed by atoms with E-state index in [4.69, 9.17) is 0 Å². The van der Waals surface area contributed by atoms with Crippen molar-refractivity contribution in [2.24, 2.45) is 0 Å². The number of hydrogen-bond acceptors (Lipinski definition) is 5. The zero-order valence-corrected chi connectivity index (χ0v) is 12.3. The van der Waals surface area contributed by atoms with Crippen molar-refractivity contribution < 1.29 is 9.50 Å². The number of halogens is 1. The molecule has 2 heterocycles. The summed E-state index contributed by atoms with van der Waals surface area (Å²) < 4.78 is 15.5. The highest BCUT2D eigenvalue weighted by molar-refractivity contribution is 5.90. The Balaban J connectivity index is 2.15. The number of rotatable bonds is 4. The van der Waals surface area contributed by atoms with Gasteiger partial charge in [0.25, 0.3) is 0 Å². The van der Waals surface area contributed by atoms with Gasteiger partial charge in [0.2, 0.25) is 0 Å². The van der Waals surface area contributed by atoms with Crippen LogP contribution in [0.3, 0.4) is 0 Å². The van der Waals surface area contributed by atoms with Crippen LogP contribution in [0.15, 0.2) is 30.6 Å². The zero-order valence-electron chi connectivity index (χ0n) is 12.3. The minimum Gasteiger partial charge on any atom is -0.392 e. The second kappa shape index (κ2) is 5.69. The first kappa shape index (κ1) is 14.4. The van der Waals surface area contributed by atoms with E-state index < -0.39 is 6.10 Å². The van der Waals surface area contributed by atoms with Gasteiger partial charge in [0.05, 0.1) is 17.2 Å². The van der Waals surface area contributed by atoms with Crippen molar-refractivity contribution in [3.8, 4) is 5.69 Å². The first-order chi connectivity index (χ1) is 10.6. The number of para-hydroxylation sites is 1. The van der Waals surface area contributed by atoms with Gasteiger partial charge in [-0.15, -0.1) is 0 Å². The van der Waals surface area contributed by atoms with Crippen LogP contribution in [0.4, 0.5) is 10.2 Å². The molecule has 0 saturated heterocycles. The van der Waals surface area contributed by atoms with E-state index in [-0.39, 0.29) is 5.82 Å². The van der Waals surface area contributed by atoms with E-state index in [0.29, 0.717) is 34.8 Å². The fraction of sp³-hybridized carbons (Fsp3) is 0.267. The van der Waals surface area contributed by atoms with Crippen molar-refractivity contribution in [3.63, 3.8) is 0 Å². The SMILES string of the molecule is Cc1nn(-c2ccccc2F)c2ncnc(NCC(C)O)c12. The Bertz CT molecular complexity index is 815. The van der Waals surface area contributed by atoms with Gasteiger partial charge in [0.1, 0.15) is 23.6 Å². The lowest BCUT2D eigenvalue weighted by molar-refractivity contribution is 0.208. The molecule has 0 bridgehead atoms. The fourth-order valence-electron chi connectivity index (χ4n) is 2.29. The van der Waals surface area contributed by atoms with Crippen molar-refractivity contribution in [3.05, 3.63) is 42.1 Å². The Morgan fingerprint density at radius 2 is 2.09 bits per heavy atom. The fourth-order valence-corrected chi connectivity index (χ4v) is 2.29. The van der Waals surface area contributed by atoms with Gasteiger partial charge in [-0.05, 0) is 26.0 Å². The maximum absolute atomic E-state index is 14.0. The van der Waals surface area contributed by atoms with Gasteiger partial charge < -0.3 is 10.4 Å². The largest absolute Gasteiger partial charge is 0.392 e. The van der Waals surface area contributed by atoms with Gasteiger partial charge in [0, 0.05) is 6.54 Å². The molecule has 0 aliphatic heterocycles. The highest BCUT2D eigenvalue weighted by Crippen LogP contribution is 2.26. The number of nitrogens with zero attached hydrogens (tertiary/aromatic N) is 4. The van der Waals surface area contributed by atoms with Gasteiger partial charge >= 0.3 is 0 Å². The van der Waals surface area contributed by atoms with E-state index in [9.17, 15) is 9.50 Å². The molecule has 1 unspecified atom stereocenters. The lowest BCUT2D eigenvalue weighted by atomic mass is 10.3. The van der Waals surface area contributed by atoms with E-state index in [1.54, 1.807) is 25.1 Å². The van der Waals surface area contributed by atoms with Crippen molar-refractivity contribution in [1.29, 1.82) is 0 Å². The molecule has 0 fully saturated rings. The number of hydrogen-bond donors (Lipinski definition) is 2.